The second-order valence-electron chi connectivity index (χ2n) is 4.30. The Morgan fingerprint density at radius 2 is 1.50 bits per heavy atom. The lowest BCUT2D eigenvalue weighted by atomic mass is 9.93. The molecule has 1 heterocycles. The highest BCUT2D eigenvalue weighted by atomic mass is 16.1. The van der Waals surface area contributed by atoms with Crippen molar-refractivity contribution < 1.29 is 9.59 Å². The molecule has 1 aliphatic rings. The Balaban J connectivity index is 2.35. The average molecular weight is 197 g/mol. The van der Waals surface area contributed by atoms with Crippen LogP contribution >= 0.6 is 0 Å². The highest BCUT2D eigenvalue weighted by Crippen LogP contribution is 2.17. The molecular weight excluding hydrogens is 178 g/mol. The van der Waals surface area contributed by atoms with E-state index in [4.69, 9.17) is 0 Å². The van der Waals surface area contributed by atoms with E-state index in [9.17, 15) is 9.59 Å². The predicted octanol–water partition coefficient (Wildman–Crippen LogP) is 1.46. The van der Waals surface area contributed by atoms with Crippen molar-refractivity contribution in [3.8, 4) is 0 Å². The monoisotopic (exact) mass is 197 g/mol. The summed E-state index contributed by atoms with van der Waals surface area (Å²) in [5, 5.41) is 3.37. The van der Waals surface area contributed by atoms with Crippen molar-refractivity contribution in [2.45, 2.75) is 58.0 Å². The van der Waals surface area contributed by atoms with E-state index in [0.717, 1.165) is 19.3 Å². The van der Waals surface area contributed by atoms with Crippen LogP contribution in [0.4, 0.5) is 0 Å². The summed E-state index contributed by atoms with van der Waals surface area (Å²) in [6.07, 6.45) is 4.47. The number of hydrogen-bond donors (Lipinski definition) is 1. The van der Waals surface area contributed by atoms with Gasteiger partial charge in [0.1, 0.15) is 11.6 Å². The van der Waals surface area contributed by atoms with Crippen molar-refractivity contribution >= 4 is 11.6 Å². The van der Waals surface area contributed by atoms with E-state index < -0.39 is 0 Å². The fourth-order valence-corrected chi connectivity index (χ4v) is 2.13. The van der Waals surface area contributed by atoms with Crippen LogP contribution in [0.5, 0.6) is 0 Å². The van der Waals surface area contributed by atoms with Gasteiger partial charge in [-0.25, -0.2) is 0 Å². The van der Waals surface area contributed by atoms with Crippen molar-refractivity contribution in [2.24, 2.45) is 0 Å². The predicted molar refractivity (Wildman–Crippen MR) is 55.2 cm³/mol. The van der Waals surface area contributed by atoms with Gasteiger partial charge in [0.2, 0.25) is 0 Å². The number of nitrogens with one attached hydrogen (secondary N) is 1. The molecule has 0 radical (unpaired) electrons. The third-order valence-corrected chi connectivity index (χ3v) is 2.64. The van der Waals surface area contributed by atoms with Crippen molar-refractivity contribution in [3.63, 3.8) is 0 Å². The molecule has 1 fully saturated rings. The number of carbonyl (C=O) groups is 2. The van der Waals surface area contributed by atoms with E-state index in [1.807, 2.05) is 0 Å². The van der Waals surface area contributed by atoms with Gasteiger partial charge < -0.3 is 5.32 Å². The SMILES string of the molecule is CC(=O)CC1CCCC(CC(C)=O)N1. The number of piperidine rings is 1. The van der Waals surface area contributed by atoms with Gasteiger partial charge in [-0.15, -0.1) is 0 Å². The molecular formula is C11H19NO2. The Hall–Kier alpha value is -0.700. The highest BCUT2D eigenvalue weighted by Gasteiger charge is 2.22. The van der Waals surface area contributed by atoms with Gasteiger partial charge >= 0.3 is 0 Å². The number of Topliss-reactive ketones (excluding diaryl/α,β-unsaturated/α-hetero) is 2. The lowest BCUT2D eigenvalue weighted by Gasteiger charge is -2.30. The van der Waals surface area contributed by atoms with Gasteiger partial charge in [-0.1, -0.05) is 6.42 Å². The van der Waals surface area contributed by atoms with Gasteiger partial charge in [0.25, 0.3) is 0 Å². The van der Waals surface area contributed by atoms with Gasteiger partial charge in [0, 0.05) is 24.9 Å². The molecule has 1 saturated heterocycles. The maximum Gasteiger partial charge on any atom is 0.131 e. The Bertz CT molecular complexity index is 203. The van der Waals surface area contributed by atoms with Crippen LogP contribution in [-0.4, -0.2) is 23.7 Å². The van der Waals surface area contributed by atoms with Crippen molar-refractivity contribution in [1.82, 2.24) is 5.32 Å². The van der Waals surface area contributed by atoms with E-state index in [0.29, 0.717) is 24.9 Å². The number of hydrogen-bond acceptors (Lipinski definition) is 3. The van der Waals surface area contributed by atoms with Crippen LogP contribution in [-0.2, 0) is 9.59 Å². The smallest absolute Gasteiger partial charge is 0.131 e. The van der Waals surface area contributed by atoms with Gasteiger partial charge in [-0.2, -0.15) is 0 Å². The van der Waals surface area contributed by atoms with E-state index >= 15 is 0 Å². The fourth-order valence-electron chi connectivity index (χ4n) is 2.13. The summed E-state index contributed by atoms with van der Waals surface area (Å²) in [6.45, 7) is 3.24. The minimum absolute atomic E-state index is 0.228. The molecule has 0 aromatic heterocycles. The van der Waals surface area contributed by atoms with Crippen LogP contribution in [0.1, 0.15) is 46.0 Å². The molecule has 80 valence electrons. The first kappa shape index (κ1) is 11.4. The molecule has 2 unspecified atom stereocenters. The Kier molecular flexibility index (Phi) is 4.26. The first-order chi connectivity index (χ1) is 6.58. The first-order valence-corrected chi connectivity index (χ1v) is 5.33. The standard InChI is InChI=1S/C11H19NO2/c1-8(13)6-10-4-3-5-11(12-10)7-9(2)14/h10-12H,3-7H2,1-2H3. The van der Waals surface area contributed by atoms with Crippen molar-refractivity contribution in [3.05, 3.63) is 0 Å². The normalized spacial score (nSPS) is 27.3. The quantitative estimate of drug-likeness (QED) is 0.742. The molecule has 14 heavy (non-hydrogen) atoms. The minimum atomic E-state index is 0.228. The summed E-state index contributed by atoms with van der Waals surface area (Å²) >= 11 is 0. The molecule has 0 aromatic carbocycles. The van der Waals surface area contributed by atoms with Crippen LogP contribution in [0.25, 0.3) is 0 Å². The van der Waals surface area contributed by atoms with Crippen LogP contribution in [0, 0.1) is 0 Å². The van der Waals surface area contributed by atoms with Crippen molar-refractivity contribution in [2.75, 3.05) is 0 Å². The minimum Gasteiger partial charge on any atom is -0.310 e. The number of rotatable bonds is 4. The topological polar surface area (TPSA) is 46.2 Å². The van der Waals surface area contributed by atoms with E-state index in [1.165, 1.54) is 0 Å². The summed E-state index contributed by atoms with van der Waals surface area (Å²) in [5.74, 6) is 0.456. The molecule has 2 atom stereocenters. The lowest BCUT2D eigenvalue weighted by molar-refractivity contribution is -0.117. The molecule has 1 rings (SSSR count). The summed E-state index contributed by atoms with van der Waals surface area (Å²) in [7, 11) is 0. The summed E-state index contributed by atoms with van der Waals surface area (Å²) < 4.78 is 0. The molecule has 0 amide bonds. The maximum atomic E-state index is 10.9. The number of carbonyl (C=O) groups excluding carboxylic acids is 2. The van der Waals surface area contributed by atoms with Crippen LogP contribution in [0.2, 0.25) is 0 Å². The van der Waals surface area contributed by atoms with Gasteiger partial charge in [0.15, 0.2) is 0 Å². The zero-order chi connectivity index (χ0) is 10.6. The second-order valence-corrected chi connectivity index (χ2v) is 4.30. The Morgan fingerprint density at radius 1 is 1.07 bits per heavy atom. The highest BCUT2D eigenvalue weighted by molar-refractivity contribution is 5.77. The third kappa shape index (κ3) is 4.01. The second kappa shape index (κ2) is 5.25. The molecule has 1 aliphatic heterocycles. The summed E-state index contributed by atoms with van der Waals surface area (Å²) in [5.41, 5.74) is 0. The summed E-state index contributed by atoms with van der Waals surface area (Å²) in [6, 6.07) is 0.594. The molecule has 3 nitrogen and oxygen atoms in total. The third-order valence-electron chi connectivity index (χ3n) is 2.64. The van der Waals surface area contributed by atoms with Gasteiger partial charge in [-0.3, -0.25) is 9.59 Å². The van der Waals surface area contributed by atoms with Gasteiger partial charge in [0.05, 0.1) is 0 Å². The fraction of sp³-hybridized carbons (Fsp3) is 0.818. The molecule has 0 spiro atoms. The van der Waals surface area contributed by atoms with E-state index in [-0.39, 0.29) is 11.6 Å². The Morgan fingerprint density at radius 3 is 1.86 bits per heavy atom. The Labute approximate surface area is 85.3 Å². The number of ketones is 2. The summed E-state index contributed by atoms with van der Waals surface area (Å²) in [4.78, 5) is 21.9. The average Bonchev–Trinajstić information content (AvgIpc) is 2.01. The molecule has 3 heteroatoms. The zero-order valence-corrected chi connectivity index (χ0v) is 9.01. The van der Waals surface area contributed by atoms with Crippen LogP contribution < -0.4 is 5.32 Å². The van der Waals surface area contributed by atoms with Gasteiger partial charge in [-0.05, 0) is 26.7 Å². The van der Waals surface area contributed by atoms with Crippen LogP contribution in [0.3, 0.4) is 0 Å². The van der Waals surface area contributed by atoms with E-state index in [2.05, 4.69) is 5.32 Å². The molecule has 0 aliphatic carbocycles. The largest absolute Gasteiger partial charge is 0.310 e. The zero-order valence-electron chi connectivity index (χ0n) is 9.01. The molecule has 0 bridgehead atoms. The lowest BCUT2D eigenvalue weighted by Crippen LogP contribution is -2.43. The molecule has 0 aromatic rings. The van der Waals surface area contributed by atoms with Crippen LogP contribution in [0.15, 0.2) is 0 Å². The maximum absolute atomic E-state index is 10.9. The van der Waals surface area contributed by atoms with E-state index in [1.54, 1.807) is 13.8 Å². The van der Waals surface area contributed by atoms with Crippen molar-refractivity contribution in [1.29, 1.82) is 0 Å². The molecule has 0 saturated carbocycles. The molecule has 1 N–H and O–H groups in total. The first-order valence-electron chi connectivity index (χ1n) is 5.33.